The fourth-order valence-corrected chi connectivity index (χ4v) is 1.56. The van der Waals surface area contributed by atoms with Crippen LogP contribution >= 0.6 is 0 Å². The first-order chi connectivity index (χ1) is 7.16. The van der Waals surface area contributed by atoms with Gasteiger partial charge in [0, 0.05) is 17.6 Å². The highest BCUT2D eigenvalue weighted by Crippen LogP contribution is 2.21. The molecule has 1 heterocycles. The molecule has 0 saturated heterocycles. The fourth-order valence-electron chi connectivity index (χ4n) is 1.56. The van der Waals surface area contributed by atoms with Crippen molar-refractivity contribution in [2.45, 2.75) is 20.8 Å². The molecule has 78 valence electrons. The van der Waals surface area contributed by atoms with Gasteiger partial charge in [-0.05, 0) is 50.1 Å². The molecule has 2 rings (SSSR count). The Hall–Kier alpha value is -1.70. The first-order valence-corrected chi connectivity index (χ1v) is 5.15. The maximum absolute atomic E-state index is 3.39. The van der Waals surface area contributed by atoms with Crippen molar-refractivity contribution in [3.8, 4) is 0 Å². The molecule has 2 aromatic rings. The lowest BCUT2D eigenvalue weighted by molar-refractivity contribution is 1.26. The van der Waals surface area contributed by atoms with Gasteiger partial charge in [-0.2, -0.15) is 0 Å². The second kappa shape index (κ2) is 3.81. The van der Waals surface area contributed by atoms with Gasteiger partial charge < -0.3 is 10.3 Å². The molecule has 2 nitrogen and oxygen atoms in total. The minimum Gasteiger partial charge on any atom is -0.363 e. The number of aromatic amines is 1. The zero-order valence-corrected chi connectivity index (χ0v) is 9.39. The second-order valence-corrected chi connectivity index (χ2v) is 3.94. The van der Waals surface area contributed by atoms with E-state index in [0.29, 0.717) is 0 Å². The van der Waals surface area contributed by atoms with Crippen LogP contribution in [0.2, 0.25) is 0 Å². The Balaban J connectivity index is 2.25. The summed E-state index contributed by atoms with van der Waals surface area (Å²) in [4.78, 5) is 3.15. The molecule has 0 aliphatic carbocycles. The van der Waals surface area contributed by atoms with Gasteiger partial charge in [-0.1, -0.05) is 6.07 Å². The molecule has 1 aromatic heterocycles. The van der Waals surface area contributed by atoms with E-state index in [1.807, 2.05) is 12.3 Å². The fraction of sp³-hybridized carbons (Fsp3) is 0.231. The zero-order chi connectivity index (χ0) is 10.8. The van der Waals surface area contributed by atoms with Gasteiger partial charge in [0.25, 0.3) is 0 Å². The molecule has 0 spiro atoms. The summed E-state index contributed by atoms with van der Waals surface area (Å²) in [6.07, 6.45) is 1.94. The van der Waals surface area contributed by atoms with Crippen molar-refractivity contribution >= 4 is 11.4 Å². The van der Waals surface area contributed by atoms with E-state index < -0.39 is 0 Å². The van der Waals surface area contributed by atoms with E-state index in [9.17, 15) is 0 Å². The van der Waals surface area contributed by atoms with Gasteiger partial charge in [0.15, 0.2) is 0 Å². The standard InChI is InChI=1S/C13H16N2/c1-9-4-5-12(8-10(9)2)15-13-6-7-14-11(13)3/h4-8,14-15H,1-3H3. The molecule has 0 aliphatic rings. The molecule has 1 aromatic carbocycles. The van der Waals surface area contributed by atoms with Gasteiger partial charge in [-0.25, -0.2) is 0 Å². The normalized spacial score (nSPS) is 10.3. The van der Waals surface area contributed by atoms with Gasteiger partial charge >= 0.3 is 0 Å². The Labute approximate surface area is 90.3 Å². The zero-order valence-electron chi connectivity index (χ0n) is 9.39. The monoisotopic (exact) mass is 200 g/mol. The van der Waals surface area contributed by atoms with E-state index in [1.165, 1.54) is 11.1 Å². The molecular weight excluding hydrogens is 184 g/mol. The molecule has 15 heavy (non-hydrogen) atoms. The van der Waals surface area contributed by atoms with Crippen LogP contribution in [0.25, 0.3) is 0 Å². The van der Waals surface area contributed by atoms with Crippen LogP contribution in [-0.2, 0) is 0 Å². The van der Waals surface area contributed by atoms with Crippen molar-refractivity contribution < 1.29 is 0 Å². The lowest BCUT2D eigenvalue weighted by Gasteiger charge is -2.08. The quantitative estimate of drug-likeness (QED) is 0.760. The Bertz CT molecular complexity index is 469. The van der Waals surface area contributed by atoms with Crippen LogP contribution in [0.5, 0.6) is 0 Å². The number of hydrogen-bond acceptors (Lipinski definition) is 1. The lowest BCUT2D eigenvalue weighted by atomic mass is 10.1. The molecule has 0 saturated carbocycles. The summed E-state index contributed by atoms with van der Waals surface area (Å²) in [7, 11) is 0. The van der Waals surface area contributed by atoms with Gasteiger partial charge in [0.1, 0.15) is 0 Å². The van der Waals surface area contributed by atoms with Crippen molar-refractivity contribution in [3.63, 3.8) is 0 Å². The molecule has 2 N–H and O–H groups in total. The predicted octanol–water partition coefficient (Wildman–Crippen LogP) is 3.68. The van der Waals surface area contributed by atoms with Crippen LogP contribution in [0.1, 0.15) is 16.8 Å². The van der Waals surface area contributed by atoms with Gasteiger partial charge in [0.05, 0.1) is 5.69 Å². The van der Waals surface area contributed by atoms with Crippen LogP contribution < -0.4 is 5.32 Å². The Morgan fingerprint density at radius 2 is 1.80 bits per heavy atom. The average Bonchev–Trinajstić information content (AvgIpc) is 2.59. The Morgan fingerprint density at radius 3 is 2.40 bits per heavy atom. The minimum atomic E-state index is 1.14. The molecule has 0 bridgehead atoms. The van der Waals surface area contributed by atoms with Gasteiger partial charge in [-0.3, -0.25) is 0 Å². The SMILES string of the molecule is Cc1ccc(Nc2cc[nH]c2C)cc1C. The minimum absolute atomic E-state index is 1.14. The van der Waals surface area contributed by atoms with E-state index in [4.69, 9.17) is 0 Å². The Morgan fingerprint density at radius 1 is 1.00 bits per heavy atom. The van der Waals surface area contributed by atoms with E-state index in [-0.39, 0.29) is 0 Å². The summed E-state index contributed by atoms with van der Waals surface area (Å²) in [5.41, 5.74) is 6.08. The van der Waals surface area contributed by atoms with Crippen LogP contribution in [0, 0.1) is 20.8 Å². The first kappa shape index (κ1) is 9.84. The second-order valence-electron chi connectivity index (χ2n) is 3.94. The van der Waals surface area contributed by atoms with Crippen LogP contribution in [0.15, 0.2) is 30.5 Å². The summed E-state index contributed by atoms with van der Waals surface area (Å²) < 4.78 is 0. The van der Waals surface area contributed by atoms with Crippen molar-refractivity contribution in [2.24, 2.45) is 0 Å². The molecule has 0 atom stereocenters. The third kappa shape index (κ3) is 2.04. The molecule has 2 heteroatoms. The highest BCUT2D eigenvalue weighted by Gasteiger charge is 2.00. The van der Waals surface area contributed by atoms with E-state index in [1.54, 1.807) is 0 Å². The highest BCUT2D eigenvalue weighted by molar-refractivity contribution is 5.62. The highest BCUT2D eigenvalue weighted by atomic mass is 14.9. The molecular formula is C13H16N2. The predicted molar refractivity (Wildman–Crippen MR) is 64.7 cm³/mol. The van der Waals surface area contributed by atoms with E-state index in [2.05, 4.69) is 49.3 Å². The van der Waals surface area contributed by atoms with Gasteiger partial charge in [0.2, 0.25) is 0 Å². The maximum Gasteiger partial charge on any atom is 0.0592 e. The molecule has 0 unspecified atom stereocenters. The van der Waals surface area contributed by atoms with Crippen molar-refractivity contribution in [1.29, 1.82) is 0 Å². The summed E-state index contributed by atoms with van der Waals surface area (Å²) in [5.74, 6) is 0. The molecule has 0 fully saturated rings. The van der Waals surface area contributed by atoms with E-state index in [0.717, 1.165) is 17.1 Å². The van der Waals surface area contributed by atoms with Crippen molar-refractivity contribution in [1.82, 2.24) is 4.98 Å². The van der Waals surface area contributed by atoms with E-state index >= 15 is 0 Å². The van der Waals surface area contributed by atoms with Gasteiger partial charge in [-0.15, -0.1) is 0 Å². The first-order valence-electron chi connectivity index (χ1n) is 5.15. The number of hydrogen-bond donors (Lipinski definition) is 2. The molecule has 0 amide bonds. The Kier molecular flexibility index (Phi) is 2.50. The summed E-state index contributed by atoms with van der Waals surface area (Å²) in [5, 5.41) is 3.39. The molecule has 0 aliphatic heterocycles. The number of aryl methyl sites for hydroxylation is 3. The number of anilines is 2. The third-order valence-electron chi connectivity index (χ3n) is 2.74. The topological polar surface area (TPSA) is 27.8 Å². The number of nitrogens with one attached hydrogen (secondary N) is 2. The summed E-state index contributed by atoms with van der Waals surface area (Å²) in [6.45, 7) is 6.31. The average molecular weight is 200 g/mol. The largest absolute Gasteiger partial charge is 0.363 e. The smallest absolute Gasteiger partial charge is 0.0592 e. The number of H-pyrrole nitrogens is 1. The van der Waals surface area contributed by atoms with Crippen molar-refractivity contribution in [2.75, 3.05) is 5.32 Å². The summed E-state index contributed by atoms with van der Waals surface area (Å²) >= 11 is 0. The molecule has 0 radical (unpaired) electrons. The van der Waals surface area contributed by atoms with Crippen LogP contribution in [-0.4, -0.2) is 4.98 Å². The third-order valence-corrected chi connectivity index (χ3v) is 2.74. The maximum atomic E-state index is 3.39. The number of aromatic nitrogens is 1. The van der Waals surface area contributed by atoms with Crippen molar-refractivity contribution in [3.05, 3.63) is 47.3 Å². The number of benzene rings is 1. The summed E-state index contributed by atoms with van der Waals surface area (Å²) in [6, 6.07) is 8.46. The lowest BCUT2D eigenvalue weighted by Crippen LogP contribution is -1.92. The number of rotatable bonds is 2. The van der Waals surface area contributed by atoms with Crippen LogP contribution in [0.3, 0.4) is 0 Å². The van der Waals surface area contributed by atoms with Crippen LogP contribution in [0.4, 0.5) is 11.4 Å².